The molecular formula is C18H21N3O. The maximum atomic E-state index is 5.38. The molecule has 1 aliphatic rings. The molecule has 0 bridgehead atoms. The van der Waals surface area contributed by atoms with Crippen molar-refractivity contribution in [3.05, 3.63) is 59.7 Å². The lowest BCUT2D eigenvalue weighted by molar-refractivity contribution is 0.122. The molecule has 1 N–H and O–H groups in total. The van der Waals surface area contributed by atoms with E-state index >= 15 is 0 Å². The molecule has 0 atom stereocenters. The molecule has 22 heavy (non-hydrogen) atoms. The van der Waals surface area contributed by atoms with Crippen LogP contribution in [-0.4, -0.2) is 32.5 Å². The van der Waals surface area contributed by atoms with E-state index in [4.69, 9.17) is 4.74 Å². The van der Waals surface area contributed by atoms with Gasteiger partial charge in [0, 0.05) is 18.8 Å². The smallest absolute Gasteiger partial charge is 0.0642 e. The summed E-state index contributed by atoms with van der Waals surface area (Å²) in [5.74, 6) is 0. The number of morpholine rings is 1. The number of hydrogen-bond acceptors (Lipinski definition) is 4. The molecule has 1 saturated heterocycles. The third-order valence-electron chi connectivity index (χ3n) is 3.69. The topological polar surface area (TPSA) is 36.9 Å². The molecule has 0 radical (unpaired) electrons. The zero-order valence-corrected chi connectivity index (χ0v) is 12.8. The van der Waals surface area contributed by atoms with Crippen LogP contribution in [0.2, 0.25) is 0 Å². The molecule has 4 heteroatoms. The molecule has 1 aliphatic heterocycles. The van der Waals surface area contributed by atoms with Crippen molar-refractivity contribution < 1.29 is 4.74 Å². The predicted molar refractivity (Wildman–Crippen MR) is 91.9 cm³/mol. The van der Waals surface area contributed by atoms with E-state index in [1.807, 2.05) is 18.3 Å². The van der Waals surface area contributed by atoms with Gasteiger partial charge < -0.3 is 9.64 Å². The minimum Gasteiger partial charge on any atom is -0.378 e. The van der Waals surface area contributed by atoms with Crippen molar-refractivity contribution in [2.45, 2.75) is 6.92 Å². The zero-order valence-electron chi connectivity index (χ0n) is 12.8. The quantitative estimate of drug-likeness (QED) is 0.695. The number of anilines is 2. The van der Waals surface area contributed by atoms with E-state index in [9.17, 15) is 0 Å². The number of hydrogen-bond donors (Lipinski definition) is 1. The summed E-state index contributed by atoms with van der Waals surface area (Å²) in [5, 5.41) is 4.29. The number of aryl methyl sites for hydroxylation is 1. The molecule has 0 saturated carbocycles. The Morgan fingerprint density at radius 2 is 1.86 bits per heavy atom. The van der Waals surface area contributed by atoms with Crippen LogP contribution >= 0.6 is 0 Å². The molecule has 0 unspecified atom stereocenters. The first kappa shape index (κ1) is 14.6. The Morgan fingerprint density at radius 1 is 1.09 bits per heavy atom. The van der Waals surface area contributed by atoms with Gasteiger partial charge in [0.25, 0.3) is 0 Å². The largest absolute Gasteiger partial charge is 0.378 e. The first-order valence-corrected chi connectivity index (χ1v) is 7.60. The van der Waals surface area contributed by atoms with Gasteiger partial charge in [0.2, 0.25) is 0 Å². The van der Waals surface area contributed by atoms with Crippen LogP contribution in [0.3, 0.4) is 0 Å². The molecule has 0 spiro atoms. The van der Waals surface area contributed by atoms with Gasteiger partial charge in [0.1, 0.15) is 0 Å². The summed E-state index contributed by atoms with van der Waals surface area (Å²) >= 11 is 0. The molecule has 3 rings (SSSR count). The van der Waals surface area contributed by atoms with E-state index in [2.05, 4.69) is 58.7 Å². The standard InChI is InChI=1S/C18H21N3O/c1-15-3-2-4-17(13-15)20-19-14-16-5-7-18(8-6-16)21-9-11-22-12-10-21/h2-8,13-14,20H,9-12H2,1H3. The predicted octanol–water partition coefficient (Wildman–Crippen LogP) is 3.28. The molecule has 114 valence electrons. The SMILES string of the molecule is Cc1cccc(NN=Cc2ccc(N3CCOCC3)cc2)c1. The van der Waals surface area contributed by atoms with Gasteiger partial charge in [-0.15, -0.1) is 0 Å². The van der Waals surface area contributed by atoms with Crippen LogP contribution in [0.1, 0.15) is 11.1 Å². The van der Waals surface area contributed by atoms with Gasteiger partial charge in [0.05, 0.1) is 25.1 Å². The van der Waals surface area contributed by atoms with E-state index in [-0.39, 0.29) is 0 Å². The summed E-state index contributed by atoms with van der Waals surface area (Å²) in [5.41, 5.74) is 7.60. The highest BCUT2D eigenvalue weighted by Crippen LogP contribution is 2.16. The van der Waals surface area contributed by atoms with Gasteiger partial charge in [-0.05, 0) is 42.3 Å². The summed E-state index contributed by atoms with van der Waals surface area (Å²) in [6, 6.07) is 16.6. The normalized spacial score (nSPS) is 15.2. The van der Waals surface area contributed by atoms with Crippen molar-refractivity contribution in [2.24, 2.45) is 5.10 Å². The number of nitrogens with zero attached hydrogens (tertiary/aromatic N) is 2. The lowest BCUT2D eigenvalue weighted by Gasteiger charge is -2.28. The fourth-order valence-electron chi connectivity index (χ4n) is 2.49. The van der Waals surface area contributed by atoms with Crippen molar-refractivity contribution in [1.82, 2.24) is 0 Å². The summed E-state index contributed by atoms with van der Waals surface area (Å²) in [4.78, 5) is 2.34. The Labute approximate surface area is 131 Å². The molecule has 0 aromatic heterocycles. The molecule has 1 fully saturated rings. The first-order chi connectivity index (χ1) is 10.8. The van der Waals surface area contributed by atoms with Crippen molar-refractivity contribution in [3.8, 4) is 0 Å². The molecule has 1 heterocycles. The van der Waals surface area contributed by atoms with Crippen molar-refractivity contribution in [2.75, 3.05) is 36.6 Å². The highest BCUT2D eigenvalue weighted by atomic mass is 16.5. The number of ether oxygens (including phenoxy) is 1. The zero-order chi connectivity index (χ0) is 15.2. The number of nitrogens with one attached hydrogen (secondary N) is 1. The lowest BCUT2D eigenvalue weighted by Crippen LogP contribution is -2.36. The summed E-state index contributed by atoms with van der Waals surface area (Å²) in [6.07, 6.45) is 1.84. The minimum absolute atomic E-state index is 0.809. The lowest BCUT2D eigenvalue weighted by atomic mass is 10.2. The van der Waals surface area contributed by atoms with Gasteiger partial charge in [0.15, 0.2) is 0 Å². The molecule has 2 aromatic carbocycles. The maximum absolute atomic E-state index is 5.38. The monoisotopic (exact) mass is 295 g/mol. The van der Waals surface area contributed by atoms with Crippen LogP contribution < -0.4 is 10.3 Å². The van der Waals surface area contributed by atoms with Gasteiger partial charge in [-0.1, -0.05) is 24.3 Å². The second kappa shape index (κ2) is 7.09. The van der Waals surface area contributed by atoms with Gasteiger partial charge >= 0.3 is 0 Å². The van der Waals surface area contributed by atoms with Crippen LogP contribution in [-0.2, 0) is 4.74 Å². The Kier molecular flexibility index (Phi) is 4.71. The summed E-state index contributed by atoms with van der Waals surface area (Å²) in [7, 11) is 0. The molecule has 0 amide bonds. The van der Waals surface area contributed by atoms with Crippen LogP contribution in [0.4, 0.5) is 11.4 Å². The first-order valence-electron chi connectivity index (χ1n) is 7.60. The third-order valence-corrected chi connectivity index (χ3v) is 3.69. The maximum Gasteiger partial charge on any atom is 0.0642 e. The van der Waals surface area contributed by atoms with E-state index in [0.717, 1.165) is 37.6 Å². The fourth-order valence-corrected chi connectivity index (χ4v) is 2.49. The van der Waals surface area contributed by atoms with Crippen molar-refractivity contribution in [3.63, 3.8) is 0 Å². The number of rotatable bonds is 4. The molecule has 4 nitrogen and oxygen atoms in total. The van der Waals surface area contributed by atoms with Crippen molar-refractivity contribution in [1.29, 1.82) is 0 Å². The molecule has 0 aliphatic carbocycles. The van der Waals surface area contributed by atoms with Gasteiger partial charge in [-0.2, -0.15) is 5.10 Å². The average molecular weight is 295 g/mol. The Bertz CT molecular complexity index is 631. The average Bonchev–Trinajstić information content (AvgIpc) is 2.56. The van der Waals surface area contributed by atoms with Gasteiger partial charge in [-0.3, -0.25) is 5.43 Å². The third kappa shape index (κ3) is 3.86. The fraction of sp³-hybridized carbons (Fsp3) is 0.278. The number of benzene rings is 2. The molecule has 2 aromatic rings. The van der Waals surface area contributed by atoms with E-state index in [0.29, 0.717) is 0 Å². The van der Waals surface area contributed by atoms with Crippen LogP contribution in [0.15, 0.2) is 53.6 Å². The van der Waals surface area contributed by atoms with Crippen LogP contribution in [0.5, 0.6) is 0 Å². The Hall–Kier alpha value is -2.33. The highest BCUT2D eigenvalue weighted by Gasteiger charge is 2.10. The summed E-state index contributed by atoms with van der Waals surface area (Å²) in [6.45, 7) is 5.61. The van der Waals surface area contributed by atoms with Crippen molar-refractivity contribution >= 4 is 17.6 Å². The summed E-state index contributed by atoms with van der Waals surface area (Å²) < 4.78 is 5.38. The van der Waals surface area contributed by atoms with Crippen LogP contribution in [0, 0.1) is 6.92 Å². The minimum atomic E-state index is 0.809. The van der Waals surface area contributed by atoms with Gasteiger partial charge in [-0.25, -0.2) is 0 Å². The highest BCUT2D eigenvalue weighted by molar-refractivity contribution is 5.81. The van der Waals surface area contributed by atoms with E-state index in [1.165, 1.54) is 11.3 Å². The number of hydrazone groups is 1. The second-order valence-electron chi connectivity index (χ2n) is 5.43. The Morgan fingerprint density at radius 3 is 2.59 bits per heavy atom. The molecular weight excluding hydrogens is 274 g/mol. The second-order valence-corrected chi connectivity index (χ2v) is 5.43. The Balaban J connectivity index is 1.59. The van der Waals surface area contributed by atoms with E-state index < -0.39 is 0 Å². The van der Waals surface area contributed by atoms with Crippen LogP contribution in [0.25, 0.3) is 0 Å². The van der Waals surface area contributed by atoms with E-state index in [1.54, 1.807) is 0 Å².